The number of hydrogen-bond donors (Lipinski definition) is 15. The topological polar surface area (TPSA) is 514 Å². The van der Waals surface area contributed by atoms with Crippen molar-refractivity contribution in [3.05, 3.63) is 29.6 Å². The number of thioether (sulfide) groups is 1. The van der Waals surface area contributed by atoms with Crippen LogP contribution in [-0.4, -0.2) is 159 Å². The summed E-state index contributed by atoms with van der Waals surface area (Å²) in [5.41, 5.74) is 31.4. The van der Waals surface area contributed by atoms with Gasteiger partial charge in [-0.3, -0.25) is 57.9 Å². The van der Waals surface area contributed by atoms with Crippen LogP contribution in [0.25, 0.3) is 0 Å². The maximum absolute atomic E-state index is 14.0. The highest BCUT2D eigenvalue weighted by molar-refractivity contribution is 7.98. The van der Waals surface area contributed by atoms with Crippen LogP contribution in [0.5, 0.6) is 0 Å². The lowest BCUT2D eigenvalue weighted by molar-refractivity contribution is -0.139. The molecule has 8 amide bonds. The number of nitrogens with two attached hydrogens (primary N) is 6. The van der Waals surface area contributed by atoms with E-state index >= 15 is 0 Å². The molecular formula is C39H61N15O14S. The molecule has 0 radical (unpaired) electrons. The van der Waals surface area contributed by atoms with Gasteiger partial charge in [0.25, 0.3) is 5.91 Å². The first-order chi connectivity index (χ1) is 32.4. The van der Waals surface area contributed by atoms with Gasteiger partial charge in [0.05, 0.1) is 0 Å². The maximum Gasteiger partial charge on any atom is 0.354 e. The zero-order valence-electron chi connectivity index (χ0n) is 37.6. The number of hydrogen-bond acceptors (Lipinski definition) is 15. The van der Waals surface area contributed by atoms with Crippen LogP contribution in [0.1, 0.15) is 91.6 Å². The number of nitrogens with one attached hydrogen (secondary N) is 6. The van der Waals surface area contributed by atoms with E-state index in [0.29, 0.717) is 0 Å². The Morgan fingerprint density at radius 1 is 0.536 bits per heavy atom. The largest absolute Gasteiger partial charge is 0.481 e. The Morgan fingerprint density at radius 3 is 1.30 bits per heavy atom. The molecule has 0 aliphatic rings. The van der Waals surface area contributed by atoms with Crippen LogP contribution >= 0.6 is 11.8 Å². The summed E-state index contributed by atoms with van der Waals surface area (Å²) in [6, 6.07) is -5.81. The molecule has 0 bridgehead atoms. The number of amides is 8. The van der Waals surface area contributed by atoms with Crippen molar-refractivity contribution in [1.82, 2.24) is 36.9 Å². The van der Waals surface area contributed by atoms with Crippen molar-refractivity contribution in [3.63, 3.8) is 0 Å². The highest BCUT2D eigenvalue weighted by atomic mass is 32.2. The van der Waals surface area contributed by atoms with Gasteiger partial charge >= 0.3 is 17.9 Å². The summed E-state index contributed by atoms with van der Waals surface area (Å²) in [4.78, 5) is 152. The lowest BCUT2D eigenvalue weighted by Crippen LogP contribution is -2.59. The Labute approximate surface area is 398 Å². The lowest BCUT2D eigenvalue weighted by Gasteiger charge is -2.27. The van der Waals surface area contributed by atoms with Crippen molar-refractivity contribution >= 4 is 88.8 Å². The molecule has 0 fully saturated rings. The molecule has 30 heteroatoms. The van der Waals surface area contributed by atoms with Crippen molar-refractivity contribution in [2.24, 2.45) is 44.4 Å². The van der Waals surface area contributed by atoms with Crippen molar-refractivity contribution in [2.45, 2.75) is 107 Å². The molecule has 0 aliphatic heterocycles. The van der Waals surface area contributed by atoms with Crippen molar-refractivity contribution in [3.8, 4) is 0 Å². The first kappa shape index (κ1) is 59.2. The molecule has 69 heavy (non-hydrogen) atoms. The fraction of sp³-hybridized carbons (Fsp3) is 0.538. The monoisotopic (exact) mass is 995 g/mol. The first-order valence-electron chi connectivity index (χ1n) is 21.1. The molecule has 0 saturated heterocycles. The van der Waals surface area contributed by atoms with Crippen LogP contribution in [0.4, 0.5) is 0 Å². The molecule has 21 N–H and O–H groups in total. The van der Waals surface area contributed by atoms with E-state index in [9.17, 15) is 68.1 Å². The Bertz CT molecular complexity index is 2070. The van der Waals surface area contributed by atoms with Crippen LogP contribution in [0.2, 0.25) is 0 Å². The van der Waals surface area contributed by atoms with E-state index in [2.05, 4.69) is 46.9 Å². The molecule has 0 unspecified atom stereocenters. The summed E-state index contributed by atoms with van der Waals surface area (Å²) in [7, 11) is 0. The quantitative estimate of drug-likeness (QED) is 0.0174. The fourth-order valence-electron chi connectivity index (χ4n) is 5.97. The number of carboxylic acid groups (broad SMARTS) is 3. The fourth-order valence-corrected chi connectivity index (χ4v) is 6.44. The van der Waals surface area contributed by atoms with Crippen molar-refractivity contribution in [1.29, 1.82) is 0 Å². The van der Waals surface area contributed by atoms with Crippen molar-refractivity contribution in [2.75, 3.05) is 25.1 Å². The second-order valence-corrected chi connectivity index (χ2v) is 16.0. The average molecular weight is 996 g/mol. The first-order valence-corrected chi connectivity index (χ1v) is 22.5. The number of carboxylic acids is 3. The van der Waals surface area contributed by atoms with Crippen LogP contribution in [0, 0.1) is 0 Å². The Kier molecular flexibility index (Phi) is 26.8. The third-order valence-electron chi connectivity index (χ3n) is 9.49. The summed E-state index contributed by atoms with van der Waals surface area (Å²) in [5.74, 6) is -12.6. The zero-order valence-corrected chi connectivity index (χ0v) is 38.5. The molecule has 382 valence electrons. The van der Waals surface area contributed by atoms with E-state index in [1.807, 2.05) is 0 Å². The molecule has 1 aromatic rings. The van der Waals surface area contributed by atoms with E-state index in [0.717, 1.165) is 12.1 Å². The average Bonchev–Trinajstić information content (AvgIpc) is 3.27. The number of carbonyl (C=O) groups is 11. The molecule has 0 spiro atoms. The SMILES string of the molecule is CSCC[C@H](NC(=O)[C@H](CCC(=O)O)NC(=O)[C@H](CCC(=O)O)NC(=O)c1cccc(C(=O)O)n1)C(=O)N[C@@H](CCC(N)=O)C(=O)N[C@@H](CCCN=C(N)N)C(=O)N[C@@H](CCCN=C(N)N)C(N)=O. The number of aliphatic imine (C=N–C) groups is 2. The summed E-state index contributed by atoms with van der Waals surface area (Å²) < 4.78 is 0. The molecule has 0 saturated carbocycles. The van der Waals surface area contributed by atoms with Crippen LogP contribution in [0.15, 0.2) is 28.2 Å². The summed E-state index contributed by atoms with van der Waals surface area (Å²) in [6.07, 6.45) is -1.72. The van der Waals surface area contributed by atoms with Gasteiger partial charge in [0.15, 0.2) is 11.9 Å². The second kappa shape index (κ2) is 31.2. The Hall–Kier alpha value is -7.79. The van der Waals surface area contributed by atoms with E-state index in [1.165, 1.54) is 17.8 Å². The van der Waals surface area contributed by atoms with Gasteiger partial charge in [-0.25, -0.2) is 9.78 Å². The van der Waals surface area contributed by atoms with Gasteiger partial charge in [0, 0.05) is 32.4 Å². The standard InChI is InChI=1S/C39H61N15O14S/c1-69-18-15-25(54-35(65)24(11-14-29(58)59)53-34(64)23(10-13-28(56)57)52-31(61)20-5-2-6-26(48-20)37(67)68)36(66)51-22(9-12-27(40)55)33(63)50-21(8-4-17-47-39(44)45)32(62)49-19(30(41)60)7-3-16-46-38(42)43/h2,5-6,19,21-25H,3-4,7-18H2,1H3,(H2,40,55)(H2,41,60)(H,49,62)(H,50,63)(H,51,66)(H,52,61)(H,53,64)(H,54,65)(H,56,57)(H,58,59)(H,67,68)(H4,42,43,46)(H4,44,45,47)/t19-,21-,22-,23-,24-,25-/m0/s1. The number of primary amides is 2. The van der Waals surface area contributed by atoms with Gasteiger partial charge in [0.2, 0.25) is 41.4 Å². The number of guanidine groups is 2. The lowest BCUT2D eigenvalue weighted by atomic mass is 10.0. The van der Waals surface area contributed by atoms with Crippen LogP contribution in [0.3, 0.4) is 0 Å². The highest BCUT2D eigenvalue weighted by Crippen LogP contribution is 2.10. The van der Waals surface area contributed by atoms with Crippen LogP contribution in [-0.2, 0) is 43.2 Å². The minimum Gasteiger partial charge on any atom is -0.481 e. The maximum atomic E-state index is 14.0. The van der Waals surface area contributed by atoms with Gasteiger partial charge in [0.1, 0.15) is 47.6 Å². The summed E-state index contributed by atoms with van der Waals surface area (Å²) in [6.45, 7) is 0.101. The number of pyridine rings is 1. The zero-order chi connectivity index (χ0) is 52.2. The third kappa shape index (κ3) is 24.5. The van der Waals surface area contributed by atoms with Crippen molar-refractivity contribution < 1.29 is 68.1 Å². The molecule has 0 aromatic carbocycles. The number of nitrogens with zero attached hydrogens (tertiary/aromatic N) is 3. The molecular weight excluding hydrogens is 935 g/mol. The van der Waals surface area contributed by atoms with E-state index in [-0.39, 0.29) is 62.9 Å². The molecule has 1 rings (SSSR count). The van der Waals surface area contributed by atoms with Crippen LogP contribution < -0.4 is 66.3 Å². The van der Waals surface area contributed by atoms with E-state index in [4.69, 9.17) is 34.4 Å². The third-order valence-corrected chi connectivity index (χ3v) is 10.1. The normalized spacial score (nSPS) is 13.2. The second-order valence-electron chi connectivity index (χ2n) is 15.0. The van der Waals surface area contributed by atoms with Gasteiger partial charge in [-0.2, -0.15) is 11.8 Å². The Morgan fingerprint density at radius 2 is 0.913 bits per heavy atom. The molecule has 0 aliphatic carbocycles. The smallest absolute Gasteiger partial charge is 0.354 e. The molecule has 1 aromatic heterocycles. The predicted octanol–water partition coefficient (Wildman–Crippen LogP) is -5.36. The number of aromatic nitrogens is 1. The summed E-state index contributed by atoms with van der Waals surface area (Å²) >= 11 is 1.24. The minimum absolute atomic E-state index is 0.00146. The van der Waals surface area contributed by atoms with Gasteiger partial charge in [-0.05, 0) is 75.5 Å². The van der Waals surface area contributed by atoms with Gasteiger partial charge in [-0.15, -0.1) is 0 Å². The predicted molar refractivity (Wildman–Crippen MR) is 246 cm³/mol. The van der Waals surface area contributed by atoms with Gasteiger partial charge in [-0.1, -0.05) is 6.07 Å². The van der Waals surface area contributed by atoms with E-state index < -0.39 is 151 Å². The number of aromatic carboxylic acids is 1. The number of aliphatic carboxylic acids is 2. The molecule has 1 heterocycles. The molecule has 29 nitrogen and oxygen atoms in total. The summed E-state index contributed by atoms with van der Waals surface area (Å²) in [5, 5.41) is 42.4. The minimum atomic E-state index is -1.74. The number of rotatable bonds is 34. The van der Waals surface area contributed by atoms with Gasteiger partial charge < -0.3 is 81.6 Å². The number of carbonyl (C=O) groups excluding carboxylic acids is 8. The highest BCUT2D eigenvalue weighted by Gasteiger charge is 2.34. The molecule has 6 atom stereocenters. The van der Waals surface area contributed by atoms with E-state index in [1.54, 1.807) is 6.26 Å². The Balaban J connectivity index is 3.49.